The number of benzene rings is 3. The van der Waals surface area contributed by atoms with Gasteiger partial charge in [-0.15, -0.1) is 0 Å². The molecule has 0 amide bonds. The molecule has 0 radical (unpaired) electrons. The minimum atomic E-state index is -0.265. The van der Waals surface area contributed by atoms with Crippen LogP contribution in [0.4, 0.5) is 15.8 Å². The molecule has 0 fully saturated rings. The summed E-state index contributed by atoms with van der Waals surface area (Å²) in [6, 6.07) is 19.7. The number of ether oxygens (including phenoxy) is 1. The van der Waals surface area contributed by atoms with Crippen LogP contribution in [0.2, 0.25) is 0 Å². The number of halogens is 1. The number of fused-ring (bicyclic) bond motifs is 2. The minimum Gasteiger partial charge on any atom is -0.494 e. The number of anilines is 2. The molecular weight excluding hydrogens is 345 g/mol. The van der Waals surface area contributed by atoms with Crippen molar-refractivity contribution in [1.29, 1.82) is 0 Å². The second-order valence-electron chi connectivity index (χ2n) is 6.35. The standard InChI is InChI=1S/C22H20FNOS/c1-3-25-18-11-16(10-17(23)13-18)14(2)15-8-9-22-20(12-15)24-19-6-4-5-7-21(19)26-22/h4-14,24H,3H2,1-2H3. The smallest absolute Gasteiger partial charge is 0.127 e. The van der Waals surface area contributed by atoms with E-state index in [-0.39, 0.29) is 11.7 Å². The zero-order chi connectivity index (χ0) is 18.1. The van der Waals surface area contributed by atoms with Gasteiger partial charge < -0.3 is 10.1 Å². The van der Waals surface area contributed by atoms with Crippen molar-refractivity contribution in [3.05, 3.63) is 77.6 Å². The molecule has 2 nitrogen and oxygen atoms in total. The average Bonchev–Trinajstić information content (AvgIpc) is 2.65. The van der Waals surface area contributed by atoms with Gasteiger partial charge in [-0.05, 0) is 54.4 Å². The molecule has 0 saturated heterocycles. The Morgan fingerprint density at radius 2 is 1.77 bits per heavy atom. The predicted octanol–water partition coefficient (Wildman–Crippen LogP) is 6.58. The van der Waals surface area contributed by atoms with Crippen LogP contribution in [0, 0.1) is 5.82 Å². The van der Waals surface area contributed by atoms with Gasteiger partial charge in [-0.1, -0.05) is 36.9 Å². The molecule has 3 aromatic rings. The Hall–Kier alpha value is -2.46. The first kappa shape index (κ1) is 17.0. The van der Waals surface area contributed by atoms with Crippen LogP contribution in [0.1, 0.15) is 30.9 Å². The third kappa shape index (κ3) is 3.29. The van der Waals surface area contributed by atoms with Crippen LogP contribution in [0.25, 0.3) is 0 Å². The molecule has 1 aliphatic rings. The van der Waals surface area contributed by atoms with Gasteiger partial charge in [0.15, 0.2) is 0 Å². The van der Waals surface area contributed by atoms with Gasteiger partial charge in [0.05, 0.1) is 18.0 Å². The second-order valence-corrected chi connectivity index (χ2v) is 7.44. The lowest BCUT2D eigenvalue weighted by Gasteiger charge is -2.23. The van der Waals surface area contributed by atoms with Gasteiger partial charge in [-0.2, -0.15) is 0 Å². The van der Waals surface area contributed by atoms with Crippen molar-refractivity contribution in [2.75, 3.05) is 11.9 Å². The van der Waals surface area contributed by atoms with E-state index in [2.05, 4.69) is 48.6 Å². The summed E-state index contributed by atoms with van der Waals surface area (Å²) in [6.07, 6.45) is 0. The largest absolute Gasteiger partial charge is 0.494 e. The maximum atomic E-state index is 14.0. The molecular formula is C22H20FNOS. The number of nitrogens with one attached hydrogen (secondary N) is 1. The molecule has 0 aliphatic carbocycles. The van der Waals surface area contributed by atoms with Gasteiger partial charge in [-0.25, -0.2) is 4.39 Å². The highest BCUT2D eigenvalue weighted by Gasteiger charge is 2.18. The molecule has 3 aromatic carbocycles. The van der Waals surface area contributed by atoms with E-state index < -0.39 is 0 Å². The van der Waals surface area contributed by atoms with Crippen LogP contribution in [0.3, 0.4) is 0 Å². The summed E-state index contributed by atoms with van der Waals surface area (Å²) >= 11 is 1.77. The molecule has 0 aromatic heterocycles. The monoisotopic (exact) mass is 365 g/mol. The van der Waals surface area contributed by atoms with Gasteiger partial charge in [0, 0.05) is 21.8 Å². The number of rotatable bonds is 4. The highest BCUT2D eigenvalue weighted by Crippen LogP contribution is 2.45. The topological polar surface area (TPSA) is 21.3 Å². The van der Waals surface area contributed by atoms with Crippen LogP contribution in [0.15, 0.2) is 70.5 Å². The number of hydrogen-bond acceptors (Lipinski definition) is 3. The lowest BCUT2D eigenvalue weighted by atomic mass is 9.92. The molecule has 4 heteroatoms. The van der Waals surface area contributed by atoms with Crippen molar-refractivity contribution in [3.8, 4) is 5.75 Å². The van der Waals surface area contributed by atoms with E-state index in [1.165, 1.54) is 15.9 Å². The average molecular weight is 365 g/mol. The first-order valence-corrected chi connectivity index (χ1v) is 9.57. The lowest BCUT2D eigenvalue weighted by molar-refractivity contribution is 0.337. The molecule has 1 atom stereocenters. The Balaban J connectivity index is 1.65. The van der Waals surface area contributed by atoms with Crippen molar-refractivity contribution >= 4 is 23.1 Å². The quantitative estimate of drug-likeness (QED) is 0.441. The van der Waals surface area contributed by atoms with E-state index in [1.807, 2.05) is 19.1 Å². The van der Waals surface area contributed by atoms with E-state index in [4.69, 9.17) is 4.74 Å². The fourth-order valence-corrected chi connectivity index (χ4v) is 4.17. The lowest BCUT2D eigenvalue weighted by Crippen LogP contribution is -2.03. The molecule has 4 rings (SSSR count). The minimum absolute atomic E-state index is 0.0687. The summed E-state index contributed by atoms with van der Waals surface area (Å²) in [5.74, 6) is 0.382. The molecule has 0 spiro atoms. The molecule has 1 aliphatic heterocycles. The van der Waals surface area contributed by atoms with Crippen LogP contribution in [0.5, 0.6) is 5.75 Å². The summed E-state index contributed by atoms with van der Waals surface area (Å²) < 4.78 is 19.5. The van der Waals surface area contributed by atoms with E-state index in [1.54, 1.807) is 17.8 Å². The van der Waals surface area contributed by atoms with E-state index in [0.29, 0.717) is 12.4 Å². The van der Waals surface area contributed by atoms with Crippen molar-refractivity contribution in [2.45, 2.75) is 29.6 Å². The van der Waals surface area contributed by atoms with Crippen molar-refractivity contribution in [3.63, 3.8) is 0 Å². The molecule has 0 saturated carbocycles. The van der Waals surface area contributed by atoms with Crippen molar-refractivity contribution in [1.82, 2.24) is 0 Å². The Kier molecular flexibility index (Phi) is 4.60. The van der Waals surface area contributed by atoms with Crippen LogP contribution in [-0.4, -0.2) is 6.61 Å². The first-order chi connectivity index (χ1) is 12.6. The molecule has 26 heavy (non-hydrogen) atoms. The third-order valence-corrected chi connectivity index (χ3v) is 5.74. The van der Waals surface area contributed by atoms with Gasteiger partial charge in [-0.3, -0.25) is 0 Å². The number of para-hydroxylation sites is 1. The summed E-state index contributed by atoms with van der Waals surface area (Å²) in [4.78, 5) is 2.43. The molecule has 1 heterocycles. The zero-order valence-corrected chi connectivity index (χ0v) is 15.6. The van der Waals surface area contributed by atoms with E-state index >= 15 is 0 Å². The van der Waals surface area contributed by atoms with E-state index in [9.17, 15) is 4.39 Å². The normalized spacial score (nSPS) is 13.3. The highest BCUT2D eigenvalue weighted by molar-refractivity contribution is 7.99. The Morgan fingerprint density at radius 3 is 2.62 bits per heavy atom. The van der Waals surface area contributed by atoms with Crippen molar-refractivity contribution in [2.24, 2.45) is 0 Å². The fourth-order valence-electron chi connectivity index (χ4n) is 3.20. The summed E-state index contributed by atoms with van der Waals surface area (Å²) in [5.41, 5.74) is 4.28. The van der Waals surface area contributed by atoms with Gasteiger partial charge in [0.2, 0.25) is 0 Å². The first-order valence-electron chi connectivity index (χ1n) is 8.75. The SMILES string of the molecule is CCOc1cc(F)cc(C(C)c2ccc3c(c2)Nc2ccccc2S3)c1. The molecule has 1 unspecified atom stereocenters. The summed E-state index contributed by atoms with van der Waals surface area (Å²) in [5, 5.41) is 3.51. The molecule has 0 bridgehead atoms. The Morgan fingerprint density at radius 1 is 0.962 bits per heavy atom. The maximum absolute atomic E-state index is 14.0. The fraction of sp³-hybridized carbons (Fsp3) is 0.182. The molecule has 132 valence electrons. The summed E-state index contributed by atoms with van der Waals surface area (Å²) in [6.45, 7) is 4.52. The zero-order valence-electron chi connectivity index (χ0n) is 14.8. The molecule has 1 N–H and O–H groups in total. The van der Waals surface area contributed by atoms with Gasteiger partial charge in [0.25, 0.3) is 0 Å². The van der Waals surface area contributed by atoms with Crippen LogP contribution in [-0.2, 0) is 0 Å². The number of hydrogen-bond donors (Lipinski definition) is 1. The summed E-state index contributed by atoms with van der Waals surface area (Å²) in [7, 11) is 0. The van der Waals surface area contributed by atoms with Gasteiger partial charge in [0.1, 0.15) is 11.6 Å². The third-order valence-electron chi connectivity index (χ3n) is 4.58. The van der Waals surface area contributed by atoms with E-state index in [0.717, 1.165) is 22.5 Å². The Labute approximate surface area is 157 Å². The predicted molar refractivity (Wildman–Crippen MR) is 105 cm³/mol. The maximum Gasteiger partial charge on any atom is 0.127 e. The van der Waals surface area contributed by atoms with Crippen LogP contribution >= 0.6 is 11.8 Å². The van der Waals surface area contributed by atoms with Crippen LogP contribution < -0.4 is 10.1 Å². The van der Waals surface area contributed by atoms with Crippen molar-refractivity contribution < 1.29 is 9.13 Å². The highest BCUT2D eigenvalue weighted by atomic mass is 32.2. The second kappa shape index (κ2) is 7.04. The van der Waals surface area contributed by atoms with Gasteiger partial charge >= 0.3 is 0 Å². The Bertz CT molecular complexity index is 957.